The van der Waals surface area contributed by atoms with E-state index >= 15 is 0 Å². The van der Waals surface area contributed by atoms with Gasteiger partial charge in [0.1, 0.15) is 5.75 Å². The third-order valence-corrected chi connectivity index (χ3v) is 4.95. The molecule has 3 rings (SSSR count). The van der Waals surface area contributed by atoms with Crippen LogP contribution in [0.5, 0.6) is 5.75 Å². The van der Waals surface area contributed by atoms with Crippen LogP contribution in [0.3, 0.4) is 0 Å². The fourth-order valence-electron chi connectivity index (χ4n) is 3.60. The SMILES string of the molecule is COCCC(=O)N1CCOC[C@H]1c1c(C)nn(-c2cccc(OC)c2)c1C. The van der Waals surface area contributed by atoms with Gasteiger partial charge in [-0.2, -0.15) is 5.10 Å². The predicted molar refractivity (Wildman–Crippen MR) is 101 cm³/mol. The smallest absolute Gasteiger partial charge is 0.225 e. The molecule has 0 bridgehead atoms. The summed E-state index contributed by atoms with van der Waals surface area (Å²) in [7, 11) is 3.26. The van der Waals surface area contributed by atoms with Crippen LogP contribution < -0.4 is 4.74 Å². The third kappa shape index (κ3) is 3.99. The summed E-state index contributed by atoms with van der Waals surface area (Å²) in [5.74, 6) is 0.858. The van der Waals surface area contributed by atoms with Crippen molar-refractivity contribution < 1.29 is 19.0 Å². The van der Waals surface area contributed by atoms with Crippen LogP contribution in [0.2, 0.25) is 0 Å². The van der Waals surface area contributed by atoms with Gasteiger partial charge in [0.15, 0.2) is 0 Å². The molecule has 1 aliphatic heterocycles. The summed E-state index contributed by atoms with van der Waals surface area (Å²) in [6, 6.07) is 7.64. The molecule has 1 aromatic heterocycles. The van der Waals surface area contributed by atoms with Crippen LogP contribution in [0, 0.1) is 13.8 Å². The number of amides is 1. The maximum absolute atomic E-state index is 12.7. The average molecular weight is 373 g/mol. The van der Waals surface area contributed by atoms with Crippen molar-refractivity contribution in [3.63, 3.8) is 0 Å². The Hall–Kier alpha value is -2.38. The maximum atomic E-state index is 12.7. The number of aryl methyl sites for hydroxylation is 1. The summed E-state index contributed by atoms with van der Waals surface area (Å²) in [5, 5.41) is 4.73. The van der Waals surface area contributed by atoms with Crippen molar-refractivity contribution in [1.82, 2.24) is 14.7 Å². The van der Waals surface area contributed by atoms with Crippen LogP contribution in [0.15, 0.2) is 24.3 Å². The Kier molecular flexibility index (Phi) is 6.13. The zero-order valence-corrected chi connectivity index (χ0v) is 16.4. The summed E-state index contributed by atoms with van der Waals surface area (Å²) in [5.41, 5.74) is 3.87. The van der Waals surface area contributed by atoms with Gasteiger partial charge in [-0.05, 0) is 26.0 Å². The number of morpholine rings is 1. The number of nitrogens with zero attached hydrogens (tertiary/aromatic N) is 3. The van der Waals surface area contributed by atoms with E-state index in [-0.39, 0.29) is 11.9 Å². The van der Waals surface area contributed by atoms with E-state index in [9.17, 15) is 4.79 Å². The molecule has 0 N–H and O–H groups in total. The Morgan fingerprint density at radius 2 is 2.15 bits per heavy atom. The number of carbonyl (C=O) groups is 1. The molecule has 1 amide bonds. The van der Waals surface area contributed by atoms with Crippen molar-refractivity contribution in [3.8, 4) is 11.4 Å². The van der Waals surface area contributed by atoms with Crippen LogP contribution >= 0.6 is 0 Å². The first-order valence-electron chi connectivity index (χ1n) is 9.13. The summed E-state index contributed by atoms with van der Waals surface area (Å²) in [6.45, 7) is 6.04. The Morgan fingerprint density at radius 3 is 2.89 bits per heavy atom. The van der Waals surface area contributed by atoms with Gasteiger partial charge in [-0.15, -0.1) is 0 Å². The lowest BCUT2D eigenvalue weighted by atomic mass is 10.0. The van der Waals surface area contributed by atoms with E-state index in [1.807, 2.05) is 47.7 Å². The molecule has 1 atom stereocenters. The minimum atomic E-state index is -0.137. The van der Waals surface area contributed by atoms with Crippen molar-refractivity contribution >= 4 is 5.91 Å². The van der Waals surface area contributed by atoms with Gasteiger partial charge in [-0.1, -0.05) is 6.07 Å². The molecular formula is C20H27N3O4. The topological polar surface area (TPSA) is 65.8 Å². The van der Waals surface area contributed by atoms with Gasteiger partial charge < -0.3 is 19.1 Å². The Labute approximate surface area is 159 Å². The predicted octanol–water partition coefficient (Wildman–Crippen LogP) is 2.43. The minimum Gasteiger partial charge on any atom is -0.497 e. The number of carbonyl (C=O) groups excluding carboxylic acids is 1. The third-order valence-electron chi connectivity index (χ3n) is 4.95. The molecule has 1 aliphatic rings. The standard InChI is InChI=1S/C20H27N3O4/c1-14-20(18-13-27-11-9-22(18)19(24)8-10-25-3)15(2)23(21-14)16-6-5-7-17(12-16)26-4/h5-7,12,18H,8-11,13H2,1-4H3/t18-/m0/s1. The second kappa shape index (κ2) is 8.54. The molecule has 1 aromatic carbocycles. The van der Waals surface area contributed by atoms with Gasteiger partial charge >= 0.3 is 0 Å². The second-order valence-electron chi connectivity index (χ2n) is 6.62. The molecule has 27 heavy (non-hydrogen) atoms. The first kappa shape index (κ1) is 19.4. The number of hydrogen-bond acceptors (Lipinski definition) is 5. The van der Waals surface area contributed by atoms with Crippen LogP contribution in [0.25, 0.3) is 5.69 Å². The van der Waals surface area contributed by atoms with Crippen molar-refractivity contribution in [2.45, 2.75) is 26.3 Å². The number of ether oxygens (including phenoxy) is 3. The number of aromatic nitrogens is 2. The zero-order valence-electron chi connectivity index (χ0n) is 16.4. The highest BCUT2D eigenvalue weighted by Crippen LogP contribution is 2.31. The van der Waals surface area contributed by atoms with Crippen molar-refractivity contribution in [2.75, 3.05) is 40.6 Å². The molecule has 0 radical (unpaired) electrons. The molecule has 2 heterocycles. The first-order valence-corrected chi connectivity index (χ1v) is 9.13. The maximum Gasteiger partial charge on any atom is 0.225 e. The zero-order chi connectivity index (χ0) is 19.4. The summed E-state index contributed by atoms with van der Waals surface area (Å²) >= 11 is 0. The Morgan fingerprint density at radius 1 is 1.33 bits per heavy atom. The quantitative estimate of drug-likeness (QED) is 0.778. The average Bonchev–Trinajstić information content (AvgIpc) is 3.00. The highest BCUT2D eigenvalue weighted by atomic mass is 16.5. The molecule has 146 valence electrons. The van der Waals surface area contributed by atoms with Crippen LogP contribution in [-0.2, 0) is 14.3 Å². The number of benzene rings is 1. The summed E-state index contributed by atoms with van der Waals surface area (Å²) in [4.78, 5) is 14.6. The summed E-state index contributed by atoms with van der Waals surface area (Å²) < 4.78 is 18.0. The number of hydrogen-bond donors (Lipinski definition) is 0. The second-order valence-corrected chi connectivity index (χ2v) is 6.62. The van der Waals surface area contributed by atoms with E-state index in [4.69, 9.17) is 19.3 Å². The Bertz CT molecular complexity index is 803. The molecule has 2 aromatic rings. The molecular weight excluding hydrogens is 346 g/mol. The largest absolute Gasteiger partial charge is 0.497 e. The van der Waals surface area contributed by atoms with E-state index in [2.05, 4.69) is 0 Å². The normalized spacial score (nSPS) is 17.2. The van der Waals surface area contributed by atoms with E-state index in [0.717, 1.165) is 28.4 Å². The van der Waals surface area contributed by atoms with Gasteiger partial charge in [0.2, 0.25) is 5.91 Å². The molecule has 0 saturated carbocycles. The highest BCUT2D eigenvalue weighted by Gasteiger charge is 2.32. The van der Waals surface area contributed by atoms with Gasteiger partial charge in [0, 0.05) is 31.0 Å². The van der Waals surface area contributed by atoms with Gasteiger partial charge in [0.25, 0.3) is 0 Å². The molecule has 1 fully saturated rings. The summed E-state index contributed by atoms with van der Waals surface area (Å²) in [6.07, 6.45) is 0.370. The van der Waals surface area contributed by atoms with E-state index in [1.165, 1.54) is 0 Å². The minimum absolute atomic E-state index is 0.0816. The Balaban J connectivity index is 1.95. The van der Waals surface area contributed by atoms with E-state index in [0.29, 0.717) is 32.8 Å². The highest BCUT2D eigenvalue weighted by molar-refractivity contribution is 5.77. The van der Waals surface area contributed by atoms with E-state index in [1.54, 1.807) is 14.2 Å². The molecule has 7 nitrogen and oxygen atoms in total. The van der Waals surface area contributed by atoms with Crippen molar-refractivity contribution in [2.24, 2.45) is 0 Å². The molecule has 0 aliphatic carbocycles. The fourth-order valence-corrected chi connectivity index (χ4v) is 3.60. The van der Waals surface area contributed by atoms with E-state index < -0.39 is 0 Å². The van der Waals surface area contributed by atoms with Crippen molar-refractivity contribution in [3.05, 3.63) is 41.2 Å². The molecule has 0 unspecified atom stereocenters. The van der Waals surface area contributed by atoms with Crippen LogP contribution in [0.1, 0.15) is 29.4 Å². The van der Waals surface area contributed by atoms with Crippen LogP contribution in [-0.4, -0.2) is 61.2 Å². The monoisotopic (exact) mass is 373 g/mol. The van der Waals surface area contributed by atoms with Crippen LogP contribution in [0.4, 0.5) is 0 Å². The lowest BCUT2D eigenvalue weighted by molar-refractivity contribution is -0.141. The van der Waals surface area contributed by atoms with Crippen molar-refractivity contribution in [1.29, 1.82) is 0 Å². The first-order chi connectivity index (χ1) is 13.1. The lowest BCUT2D eigenvalue weighted by Gasteiger charge is -2.36. The van der Waals surface area contributed by atoms with Gasteiger partial charge in [-0.25, -0.2) is 4.68 Å². The molecule has 7 heteroatoms. The van der Waals surface area contributed by atoms with Gasteiger partial charge in [0.05, 0.1) is 50.8 Å². The lowest BCUT2D eigenvalue weighted by Crippen LogP contribution is -2.44. The molecule has 0 spiro atoms. The fraction of sp³-hybridized carbons (Fsp3) is 0.500. The van der Waals surface area contributed by atoms with Gasteiger partial charge in [-0.3, -0.25) is 4.79 Å². The molecule has 1 saturated heterocycles. The number of rotatable bonds is 6. The number of methoxy groups -OCH3 is 2.